The van der Waals surface area contributed by atoms with Crippen LogP contribution in [0.3, 0.4) is 0 Å². The molecule has 26 heavy (non-hydrogen) atoms. The fourth-order valence-electron chi connectivity index (χ4n) is 2.95. The van der Waals surface area contributed by atoms with Crippen LogP contribution in [0.5, 0.6) is 0 Å². The van der Waals surface area contributed by atoms with Crippen LogP contribution in [0.4, 0.5) is 10.8 Å². The lowest BCUT2D eigenvalue weighted by molar-refractivity contribution is -0.122. The summed E-state index contributed by atoms with van der Waals surface area (Å²) < 4.78 is 5.19. The number of aryl methyl sites for hydroxylation is 1. The zero-order chi connectivity index (χ0) is 18.5. The van der Waals surface area contributed by atoms with E-state index in [4.69, 9.17) is 4.74 Å². The molecule has 0 bridgehead atoms. The van der Waals surface area contributed by atoms with Crippen LogP contribution < -0.4 is 10.2 Å². The van der Waals surface area contributed by atoms with E-state index in [1.807, 2.05) is 31.2 Å². The van der Waals surface area contributed by atoms with Gasteiger partial charge in [0.1, 0.15) is 0 Å². The Morgan fingerprint density at radius 3 is 3.08 bits per heavy atom. The van der Waals surface area contributed by atoms with Crippen molar-refractivity contribution >= 4 is 34.0 Å². The number of nitrogens with zero attached hydrogens (tertiary/aromatic N) is 2. The third-order valence-electron chi connectivity index (χ3n) is 4.23. The van der Waals surface area contributed by atoms with E-state index in [0.29, 0.717) is 11.7 Å². The number of fused-ring (bicyclic) bond motifs is 1. The summed E-state index contributed by atoms with van der Waals surface area (Å²) in [7, 11) is 0. The van der Waals surface area contributed by atoms with E-state index in [-0.39, 0.29) is 24.2 Å². The zero-order valence-corrected chi connectivity index (χ0v) is 15.4. The summed E-state index contributed by atoms with van der Waals surface area (Å²) in [6, 6.07) is 7.92. The van der Waals surface area contributed by atoms with Crippen molar-refractivity contribution < 1.29 is 14.3 Å². The minimum atomic E-state index is -0.598. The predicted octanol–water partition coefficient (Wildman–Crippen LogP) is 3.27. The molecular formula is C19H21N3O3S. The smallest absolute Gasteiger partial charge is 0.358 e. The average Bonchev–Trinajstić information content (AvgIpc) is 3.13. The SMILES string of the molecule is C=CCNc1nc(C(=O)OCC(=O)N2c3ccccc3CC[C@H]2C)cs1. The van der Waals surface area contributed by atoms with E-state index >= 15 is 0 Å². The normalized spacial score (nSPS) is 15.9. The van der Waals surface area contributed by atoms with Crippen LogP contribution in [-0.4, -0.2) is 36.1 Å². The molecule has 136 valence electrons. The maximum Gasteiger partial charge on any atom is 0.358 e. The Labute approximate surface area is 156 Å². The van der Waals surface area contributed by atoms with Gasteiger partial charge in [-0.05, 0) is 31.4 Å². The van der Waals surface area contributed by atoms with Gasteiger partial charge in [0, 0.05) is 23.7 Å². The highest BCUT2D eigenvalue weighted by atomic mass is 32.1. The summed E-state index contributed by atoms with van der Waals surface area (Å²) in [6.45, 7) is 5.88. The molecule has 0 radical (unpaired) electrons. The van der Waals surface area contributed by atoms with Crippen LogP contribution in [0, 0.1) is 0 Å². The molecule has 6 nitrogen and oxygen atoms in total. The van der Waals surface area contributed by atoms with Crippen LogP contribution >= 0.6 is 11.3 Å². The Kier molecular flexibility index (Phi) is 5.68. The van der Waals surface area contributed by atoms with Crippen molar-refractivity contribution in [2.45, 2.75) is 25.8 Å². The average molecular weight is 371 g/mol. The van der Waals surface area contributed by atoms with Gasteiger partial charge in [-0.3, -0.25) is 4.79 Å². The van der Waals surface area contributed by atoms with Crippen molar-refractivity contribution in [2.75, 3.05) is 23.4 Å². The number of para-hydroxylation sites is 1. The molecule has 1 aliphatic rings. The van der Waals surface area contributed by atoms with Crippen LogP contribution in [0.15, 0.2) is 42.3 Å². The molecule has 0 spiro atoms. The molecular weight excluding hydrogens is 350 g/mol. The van der Waals surface area contributed by atoms with E-state index in [2.05, 4.69) is 16.9 Å². The Bertz CT molecular complexity index is 818. The monoisotopic (exact) mass is 371 g/mol. The maximum absolute atomic E-state index is 12.7. The first-order valence-electron chi connectivity index (χ1n) is 8.47. The van der Waals surface area contributed by atoms with Crippen molar-refractivity contribution in [1.29, 1.82) is 0 Å². The van der Waals surface area contributed by atoms with Crippen molar-refractivity contribution in [3.05, 3.63) is 53.6 Å². The summed E-state index contributed by atoms with van der Waals surface area (Å²) in [6.07, 6.45) is 3.54. The topological polar surface area (TPSA) is 71.5 Å². The Balaban J connectivity index is 1.62. The van der Waals surface area contributed by atoms with Gasteiger partial charge >= 0.3 is 5.97 Å². The van der Waals surface area contributed by atoms with Gasteiger partial charge in [0.05, 0.1) is 0 Å². The number of esters is 1. The number of hydrogen-bond donors (Lipinski definition) is 1. The van der Waals surface area contributed by atoms with Gasteiger partial charge in [-0.25, -0.2) is 9.78 Å². The molecule has 7 heteroatoms. The second kappa shape index (κ2) is 8.14. The molecule has 0 unspecified atom stereocenters. The first kappa shape index (κ1) is 18.1. The molecule has 0 fully saturated rings. The van der Waals surface area contributed by atoms with Crippen molar-refractivity contribution in [1.82, 2.24) is 4.98 Å². The van der Waals surface area contributed by atoms with E-state index < -0.39 is 5.97 Å². The number of thiazole rings is 1. The lowest BCUT2D eigenvalue weighted by Crippen LogP contribution is -2.44. The molecule has 1 aromatic carbocycles. The van der Waals surface area contributed by atoms with E-state index in [0.717, 1.165) is 24.1 Å². The second-order valence-corrected chi connectivity index (χ2v) is 6.92. The quantitative estimate of drug-likeness (QED) is 0.623. The van der Waals surface area contributed by atoms with Gasteiger partial charge in [0.15, 0.2) is 17.4 Å². The molecule has 1 N–H and O–H groups in total. The molecule has 0 saturated heterocycles. The highest BCUT2D eigenvalue weighted by Crippen LogP contribution is 2.30. The predicted molar refractivity (Wildman–Crippen MR) is 103 cm³/mol. The van der Waals surface area contributed by atoms with E-state index in [1.54, 1.807) is 16.4 Å². The lowest BCUT2D eigenvalue weighted by atomic mass is 9.96. The van der Waals surface area contributed by atoms with Crippen LogP contribution in [0.25, 0.3) is 0 Å². The van der Waals surface area contributed by atoms with Crippen LogP contribution in [0.1, 0.15) is 29.4 Å². The number of benzene rings is 1. The Hall–Kier alpha value is -2.67. The Morgan fingerprint density at radius 1 is 1.46 bits per heavy atom. The third-order valence-corrected chi connectivity index (χ3v) is 5.03. The molecule has 1 aromatic heterocycles. The largest absolute Gasteiger partial charge is 0.451 e. The highest BCUT2D eigenvalue weighted by molar-refractivity contribution is 7.13. The number of aromatic nitrogens is 1. The van der Waals surface area contributed by atoms with Crippen LogP contribution in [-0.2, 0) is 16.0 Å². The summed E-state index contributed by atoms with van der Waals surface area (Å²) in [5, 5.41) is 5.23. The van der Waals surface area contributed by atoms with Gasteiger partial charge in [-0.2, -0.15) is 0 Å². The maximum atomic E-state index is 12.7. The molecule has 1 aliphatic heterocycles. The van der Waals surface area contributed by atoms with Crippen molar-refractivity contribution in [2.24, 2.45) is 0 Å². The first-order chi connectivity index (χ1) is 12.6. The second-order valence-electron chi connectivity index (χ2n) is 6.06. The molecule has 0 aliphatic carbocycles. The van der Waals surface area contributed by atoms with Crippen molar-refractivity contribution in [3.8, 4) is 0 Å². The number of anilines is 2. The summed E-state index contributed by atoms with van der Waals surface area (Å²) in [5.41, 5.74) is 2.24. The van der Waals surface area contributed by atoms with Gasteiger partial charge in [0.25, 0.3) is 5.91 Å². The molecule has 2 aromatic rings. The van der Waals surface area contributed by atoms with Crippen LogP contribution in [0.2, 0.25) is 0 Å². The molecule has 1 atom stereocenters. The van der Waals surface area contributed by atoms with Gasteiger partial charge in [0.2, 0.25) is 0 Å². The minimum Gasteiger partial charge on any atom is -0.451 e. The first-order valence-corrected chi connectivity index (χ1v) is 9.35. The van der Waals surface area contributed by atoms with Gasteiger partial charge < -0.3 is 15.0 Å². The Morgan fingerprint density at radius 2 is 2.27 bits per heavy atom. The number of amides is 1. The number of carbonyl (C=O) groups is 2. The molecule has 0 saturated carbocycles. The lowest BCUT2D eigenvalue weighted by Gasteiger charge is -2.35. The summed E-state index contributed by atoms with van der Waals surface area (Å²) in [5.74, 6) is -0.822. The minimum absolute atomic E-state index is 0.0741. The number of carbonyl (C=O) groups excluding carboxylic acids is 2. The van der Waals surface area contributed by atoms with E-state index in [9.17, 15) is 9.59 Å². The van der Waals surface area contributed by atoms with Gasteiger partial charge in [-0.15, -0.1) is 17.9 Å². The standard InChI is InChI=1S/C19H21N3O3S/c1-3-10-20-19-21-15(12-26-19)18(24)25-11-17(23)22-13(2)8-9-14-6-4-5-7-16(14)22/h3-7,12-13H,1,8-11H2,2H3,(H,20,21)/t13-/m1/s1. The van der Waals surface area contributed by atoms with Gasteiger partial charge in [-0.1, -0.05) is 24.3 Å². The number of nitrogens with one attached hydrogen (secondary N) is 1. The highest BCUT2D eigenvalue weighted by Gasteiger charge is 2.28. The fraction of sp³-hybridized carbons (Fsp3) is 0.316. The molecule has 3 rings (SSSR count). The van der Waals surface area contributed by atoms with Crippen molar-refractivity contribution in [3.63, 3.8) is 0 Å². The molecule has 2 heterocycles. The zero-order valence-electron chi connectivity index (χ0n) is 14.6. The number of rotatable bonds is 6. The molecule has 1 amide bonds. The third kappa shape index (κ3) is 3.94. The number of ether oxygens (including phenoxy) is 1. The summed E-state index contributed by atoms with van der Waals surface area (Å²) in [4.78, 5) is 30.7. The van der Waals surface area contributed by atoms with E-state index in [1.165, 1.54) is 11.3 Å². The number of hydrogen-bond acceptors (Lipinski definition) is 6. The fourth-order valence-corrected chi connectivity index (χ4v) is 3.64. The summed E-state index contributed by atoms with van der Waals surface area (Å²) >= 11 is 1.31.